The molecule has 1 amide bonds. The summed E-state index contributed by atoms with van der Waals surface area (Å²) in [6.45, 7) is 7.12. The van der Waals surface area contributed by atoms with Crippen molar-refractivity contribution in [3.63, 3.8) is 0 Å². The maximum atomic E-state index is 13.0. The minimum atomic E-state index is -0.0742. The summed E-state index contributed by atoms with van der Waals surface area (Å²) in [6, 6.07) is 4.28. The topological polar surface area (TPSA) is 41.6 Å². The van der Waals surface area contributed by atoms with Crippen LogP contribution in [0.1, 0.15) is 44.7 Å². The smallest absolute Gasteiger partial charge is 0.241 e. The highest BCUT2D eigenvalue weighted by atomic mass is 32.1. The van der Waals surface area contributed by atoms with Crippen molar-refractivity contribution in [2.45, 2.75) is 58.0 Å². The number of ether oxygens (including phenoxy) is 1. The number of carbonyl (C=O) groups excluding carboxylic acids is 1. The third-order valence-electron chi connectivity index (χ3n) is 4.86. The fraction of sp³-hybridized carbons (Fsp3) is 0.688. The van der Waals surface area contributed by atoms with E-state index in [1.807, 2.05) is 0 Å². The Morgan fingerprint density at radius 3 is 2.95 bits per heavy atom. The zero-order chi connectivity index (χ0) is 15.0. The van der Waals surface area contributed by atoms with Gasteiger partial charge in [-0.2, -0.15) is 0 Å². The van der Waals surface area contributed by atoms with Crippen LogP contribution in [0.4, 0.5) is 0 Å². The predicted octanol–water partition coefficient (Wildman–Crippen LogP) is 2.77. The van der Waals surface area contributed by atoms with E-state index in [-0.39, 0.29) is 30.3 Å². The van der Waals surface area contributed by atoms with E-state index in [0.29, 0.717) is 5.92 Å². The van der Waals surface area contributed by atoms with Gasteiger partial charge >= 0.3 is 0 Å². The van der Waals surface area contributed by atoms with Crippen LogP contribution in [0.5, 0.6) is 0 Å². The Bertz CT molecular complexity index is 490. The average Bonchev–Trinajstić information content (AvgIpc) is 3.18. The summed E-state index contributed by atoms with van der Waals surface area (Å²) in [6.07, 6.45) is 2.06. The van der Waals surface area contributed by atoms with Crippen molar-refractivity contribution in [1.29, 1.82) is 0 Å². The van der Waals surface area contributed by atoms with E-state index < -0.39 is 0 Å². The van der Waals surface area contributed by atoms with Gasteiger partial charge in [-0.25, -0.2) is 0 Å². The van der Waals surface area contributed by atoms with Gasteiger partial charge in [-0.15, -0.1) is 11.3 Å². The van der Waals surface area contributed by atoms with Gasteiger partial charge in [0.25, 0.3) is 0 Å². The number of nitrogens with zero attached hydrogens (tertiary/aromatic N) is 1. The average molecular weight is 308 g/mol. The Hall–Kier alpha value is -0.910. The summed E-state index contributed by atoms with van der Waals surface area (Å²) >= 11 is 1.71. The first-order valence-corrected chi connectivity index (χ1v) is 8.74. The van der Waals surface area contributed by atoms with Gasteiger partial charge < -0.3 is 9.64 Å². The summed E-state index contributed by atoms with van der Waals surface area (Å²) in [5.41, 5.74) is 0. The fourth-order valence-electron chi connectivity index (χ4n) is 3.36. The maximum Gasteiger partial charge on any atom is 0.241 e. The first kappa shape index (κ1) is 15.0. The van der Waals surface area contributed by atoms with Crippen molar-refractivity contribution >= 4 is 17.2 Å². The Morgan fingerprint density at radius 2 is 2.38 bits per heavy atom. The van der Waals surface area contributed by atoms with E-state index >= 15 is 0 Å². The zero-order valence-corrected chi connectivity index (χ0v) is 13.7. The molecule has 5 unspecified atom stereocenters. The Balaban J connectivity index is 1.90. The highest BCUT2D eigenvalue weighted by Gasteiger charge is 2.47. The molecule has 1 aromatic heterocycles. The van der Waals surface area contributed by atoms with Crippen LogP contribution in [0, 0.1) is 5.92 Å². The SMILES string of the molecule is CCC(C)C1NC(c2cccs2)N(C2CCOC2C)C1=O. The molecule has 2 saturated heterocycles. The van der Waals surface area contributed by atoms with Gasteiger partial charge in [0.2, 0.25) is 5.91 Å². The molecule has 5 atom stereocenters. The summed E-state index contributed by atoms with van der Waals surface area (Å²) < 4.78 is 5.70. The number of hydrogen-bond donors (Lipinski definition) is 1. The standard InChI is InChI=1S/C16H24N2O2S/c1-4-10(2)14-16(19)18(12-7-8-20-11(12)3)15(17-14)13-6-5-9-21-13/h5-6,9-12,14-15,17H,4,7-8H2,1-3H3. The lowest BCUT2D eigenvalue weighted by molar-refractivity contribution is -0.134. The number of carbonyl (C=O) groups is 1. The van der Waals surface area contributed by atoms with Gasteiger partial charge in [-0.3, -0.25) is 10.1 Å². The lowest BCUT2D eigenvalue weighted by Gasteiger charge is -2.31. The fourth-order valence-corrected chi connectivity index (χ4v) is 4.14. The molecule has 5 heteroatoms. The van der Waals surface area contributed by atoms with E-state index in [4.69, 9.17) is 4.74 Å². The van der Waals surface area contributed by atoms with Gasteiger partial charge in [0, 0.05) is 11.5 Å². The number of nitrogens with one attached hydrogen (secondary N) is 1. The largest absolute Gasteiger partial charge is 0.376 e. The number of amides is 1. The van der Waals surface area contributed by atoms with Crippen molar-refractivity contribution in [2.75, 3.05) is 6.61 Å². The minimum absolute atomic E-state index is 0.00523. The second-order valence-electron chi connectivity index (χ2n) is 6.13. The highest BCUT2D eigenvalue weighted by Crippen LogP contribution is 2.36. The maximum absolute atomic E-state index is 13.0. The van der Waals surface area contributed by atoms with Gasteiger partial charge in [-0.05, 0) is 30.7 Å². The molecule has 2 aliphatic rings. The Morgan fingerprint density at radius 1 is 1.57 bits per heavy atom. The van der Waals surface area contributed by atoms with Crippen LogP contribution in [0.15, 0.2) is 17.5 Å². The second kappa shape index (κ2) is 6.07. The van der Waals surface area contributed by atoms with Gasteiger partial charge in [0.15, 0.2) is 0 Å². The summed E-state index contributed by atoms with van der Waals surface area (Å²) in [5, 5.41) is 5.65. The van der Waals surface area contributed by atoms with Crippen LogP contribution in [0.2, 0.25) is 0 Å². The lowest BCUT2D eigenvalue weighted by Crippen LogP contribution is -2.44. The van der Waals surface area contributed by atoms with E-state index in [2.05, 4.69) is 48.5 Å². The van der Waals surface area contributed by atoms with Crippen molar-refractivity contribution in [2.24, 2.45) is 5.92 Å². The first-order valence-electron chi connectivity index (χ1n) is 7.86. The lowest BCUT2D eigenvalue weighted by atomic mass is 9.99. The molecule has 1 aromatic rings. The molecule has 0 radical (unpaired) electrons. The Labute approximate surface area is 130 Å². The Kier molecular flexibility index (Phi) is 4.33. The normalized spacial score (nSPS) is 34.6. The molecule has 0 bridgehead atoms. The van der Waals surface area contributed by atoms with E-state index in [0.717, 1.165) is 19.4 Å². The summed E-state index contributed by atoms with van der Waals surface area (Å²) in [7, 11) is 0. The molecular weight excluding hydrogens is 284 g/mol. The van der Waals surface area contributed by atoms with E-state index in [9.17, 15) is 4.79 Å². The molecule has 0 aliphatic carbocycles. The quantitative estimate of drug-likeness (QED) is 0.930. The van der Waals surface area contributed by atoms with E-state index in [1.165, 1.54) is 4.88 Å². The van der Waals surface area contributed by atoms with Crippen molar-refractivity contribution in [1.82, 2.24) is 10.2 Å². The van der Waals surface area contributed by atoms with Crippen LogP contribution in [0.25, 0.3) is 0 Å². The summed E-state index contributed by atoms with van der Waals surface area (Å²) in [4.78, 5) is 16.2. The van der Waals surface area contributed by atoms with Crippen LogP contribution < -0.4 is 5.32 Å². The molecule has 4 nitrogen and oxygen atoms in total. The first-order chi connectivity index (χ1) is 10.1. The molecule has 116 valence electrons. The molecule has 2 fully saturated rings. The van der Waals surface area contributed by atoms with Crippen LogP contribution in [-0.4, -0.2) is 35.6 Å². The minimum Gasteiger partial charge on any atom is -0.376 e. The molecule has 0 saturated carbocycles. The number of rotatable bonds is 4. The van der Waals surface area contributed by atoms with Gasteiger partial charge in [0.05, 0.1) is 18.2 Å². The van der Waals surface area contributed by atoms with Crippen molar-refractivity contribution in [3.8, 4) is 0 Å². The predicted molar refractivity (Wildman–Crippen MR) is 84.1 cm³/mol. The molecule has 0 aromatic carbocycles. The number of thiophene rings is 1. The molecular formula is C16H24N2O2S. The molecule has 3 rings (SSSR count). The number of hydrogen-bond acceptors (Lipinski definition) is 4. The molecule has 2 aliphatic heterocycles. The molecule has 21 heavy (non-hydrogen) atoms. The molecule has 1 N–H and O–H groups in total. The van der Waals surface area contributed by atoms with Crippen LogP contribution >= 0.6 is 11.3 Å². The van der Waals surface area contributed by atoms with Gasteiger partial charge in [-0.1, -0.05) is 26.3 Å². The zero-order valence-electron chi connectivity index (χ0n) is 12.9. The third kappa shape index (κ3) is 2.62. The van der Waals surface area contributed by atoms with Crippen molar-refractivity contribution < 1.29 is 9.53 Å². The van der Waals surface area contributed by atoms with Crippen LogP contribution in [-0.2, 0) is 9.53 Å². The monoisotopic (exact) mass is 308 g/mol. The highest BCUT2D eigenvalue weighted by molar-refractivity contribution is 7.10. The second-order valence-corrected chi connectivity index (χ2v) is 7.10. The molecule has 0 spiro atoms. The summed E-state index contributed by atoms with van der Waals surface area (Å²) in [5.74, 6) is 0.590. The van der Waals surface area contributed by atoms with Crippen molar-refractivity contribution in [3.05, 3.63) is 22.4 Å². The van der Waals surface area contributed by atoms with Crippen LogP contribution in [0.3, 0.4) is 0 Å². The van der Waals surface area contributed by atoms with E-state index in [1.54, 1.807) is 11.3 Å². The third-order valence-corrected chi connectivity index (χ3v) is 5.78. The molecule has 3 heterocycles. The van der Waals surface area contributed by atoms with Gasteiger partial charge in [0.1, 0.15) is 6.17 Å².